The van der Waals surface area contributed by atoms with E-state index in [4.69, 9.17) is 18.9 Å². The molecule has 1 aliphatic heterocycles. The van der Waals surface area contributed by atoms with E-state index < -0.39 is 5.60 Å². The highest BCUT2D eigenvalue weighted by molar-refractivity contribution is 9.10. The monoisotopic (exact) mass is 635 g/mol. The minimum Gasteiger partial charge on any atom is -0.492 e. The van der Waals surface area contributed by atoms with Crippen LogP contribution < -0.4 is 4.74 Å². The van der Waals surface area contributed by atoms with Gasteiger partial charge in [-0.3, -0.25) is 0 Å². The number of carbonyl (C=O) groups is 1. The summed E-state index contributed by atoms with van der Waals surface area (Å²) in [4.78, 5) is 18.7. The first kappa shape index (κ1) is 30.1. The van der Waals surface area contributed by atoms with Crippen molar-refractivity contribution in [3.63, 3.8) is 0 Å². The summed E-state index contributed by atoms with van der Waals surface area (Å²) in [7, 11) is 1.72. The van der Waals surface area contributed by atoms with E-state index >= 15 is 0 Å². The van der Waals surface area contributed by atoms with Crippen molar-refractivity contribution in [2.75, 3.05) is 33.4 Å². The van der Waals surface area contributed by atoms with Crippen molar-refractivity contribution in [2.45, 2.75) is 65.3 Å². The van der Waals surface area contributed by atoms with Crippen molar-refractivity contribution in [3.8, 4) is 25.9 Å². The molecule has 1 aromatic carbocycles. The molecule has 1 aliphatic rings. The highest BCUT2D eigenvalue weighted by Crippen LogP contribution is 2.43. The molecule has 3 aromatic rings. The number of likely N-dealkylation sites (N-methyl/N-ethyl adjacent to an activating group) is 1. The Kier molecular flexibility index (Phi) is 10.5. The van der Waals surface area contributed by atoms with Crippen LogP contribution in [-0.2, 0) is 20.6 Å². The molecule has 4 rings (SSSR count). The second-order valence-electron chi connectivity index (χ2n) is 10.7. The number of nitrogens with zero attached hydrogens (tertiary/aromatic N) is 1. The molecule has 2 aromatic heterocycles. The van der Waals surface area contributed by atoms with Gasteiger partial charge in [0.15, 0.2) is 6.29 Å². The third-order valence-electron chi connectivity index (χ3n) is 6.24. The Bertz CT molecular complexity index is 1210. The Balaban J connectivity index is 1.42. The highest BCUT2D eigenvalue weighted by atomic mass is 79.9. The smallest absolute Gasteiger partial charge is 0.410 e. The quantitative estimate of drug-likeness (QED) is 0.223. The van der Waals surface area contributed by atoms with Crippen LogP contribution in [0.1, 0.15) is 50.5 Å². The number of thiophene rings is 2. The molecule has 3 heterocycles. The summed E-state index contributed by atoms with van der Waals surface area (Å²) in [5.41, 5.74) is 1.92. The van der Waals surface area contributed by atoms with Crippen molar-refractivity contribution in [3.05, 3.63) is 51.3 Å². The Labute approximate surface area is 248 Å². The lowest BCUT2D eigenvalue weighted by molar-refractivity contribution is -0.161. The number of hydrogen-bond acceptors (Lipinski definition) is 7. The van der Waals surface area contributed by atoms with Crippen LogP contribution >= 0.6 is 38.6 Å². The zero-order valence-corrected chi connectivity index (χ0v) is 26.6. The maximum atomic E-state index is 12.2. The normalized spacial score (nSPS) is 15.8. The van der Waals surface area contributed by atoms with Crippen LogP contribution in [0.15, 0.2) is 40.9 Å². The van der Waals surface area contributed by atoms with E-state index in [0.29, 0.717) is 19.8 Å². The fraction of sp³-hybridized carbons (Fsp3) is 0.500. The minimum absolute atomic E-state index is 0.0815. The van der Waals surface area contributed by atoms with Gasteiger partial charge in [0, 0.05) is 37.6 Å². The van der Waals surface area contributed by atoms with Crippen LogP contribution in [-0.4, -0.2) is 56.3 Å². The molecule has 212 valence electrons. The largest absolute Gasteiger partial charge is 0.492 e. The Morgan fingerprint density at radius 2 is 1.85 bits per heavy atom. The van der Waals surface area contributed by atoms with Crippen LogP contribution in [0.25, 0.3) is 20.2 Å². The first-order valence-electron chi connectivity index (χ1n) is 13.4. The standard InChI is InChI=1S/C30H38BrNO5S2/c1-20-24(31)19-26(38-20)25-18-22(13-16-36-27-8-6-7-15-35-27)28(39-25)21-9-11-23(12-10-21)34-17-14-32(5)29(33)37-30(2,3)4/h9-12,18-19,27H,6-8,13-17H2,1-5H3. The number of halogens is 1. The van der Waals surface area contributed by atoms with Gasteiger partial charge in [-0.2, -0.15) is 0 Å². The summed E-state index contributed by atoms with van der Waals surface area (Å²) in [6.45, 7) is 9.96. The summed E-state index contributed by atoms with van der Waals surface area (Å²) in [5, 5.41) is 0. The van der Waals surface area contributed by atoms with E-state index in [-0.39, 0.29) is 12.4 Å². The molecule has 1 amide bonds. The molecule has 0 saturated carbocycles. The first-order valence-corrected chi connectivity index (χ1v) is 15.8. The molecule has 1 saturated heterocycles. The fourth-order valence-electron chi connectivity index (χ4n) is 4.14. The maximum Gasteiger partial charge on any atom is 0.410 e. The van der Waals surface area contributed by atoms with Crippen molar-refractivity contribution in [2.24, 2.45) is 0 Å². The lowest BCUT2D eigenvalue weighted by atomic mass is 10.1. The fourth-order valence-corrected chi connectivity index (χ4v) is 6.96. The van der Waals surface area contributed by atoms with Crippen molar-refractivity contribution in [1.29, 1.82) is 0 Å². The predicted molar refractivity (Wildman–Crippen MR) is 163 cm³/mol. The molecule has 1 atom stereocenters. The number of rotatable bonds is 10. The second-order valence-corrected chi connectivity index (χ2v) is 13.8. The van der Waals surface area contributed by atoms with E-state index in [1.165, 1.54) is 30.0 Å². The number of carbonyl (C=O) groups excluding carboxylic acids is 1. The van der Waals surface area contributed by atoms with Gasteiger partial charge in [0.1, 0.15) is 18.0 Å². The first-order chi connectivity index (χ1) is 18.6. The second kappa shape index (κ2) is 13.6. The maximum absolute atomic E-state index is 12.2. The SMILES string of the molecule is Cc1sc(-c2cc(CCOC3CCCCO3)c(-c3ccc(OCCN(C)C(=O)OC(C)(C)C)cc3)s2)cc1Br. The zero-order valence-electron chi connectivity index (χ0n) is 23.4. The van der Waals surface area contributed by atoms with Gasteiger partial charge >= 0.3 is 6.09 Å². The Morgan fingerprint density at radius 1 is 1.10 bits per heavy atom. The third kappa shape index (κ3) is 8.79. The lowest BCUT2D eigenvalue weighted by Crippen LogP contribution is -2.36. The Hall–Kier alpha value is -1.91. The molecular formula is C30H38BrNO5S2. The van der Waals surface area contributed by atoms with Crippen molar-refractivity contribution in [1.82, 2.24) is 4.90 Å². The molecule has 0 radical (unpaired) electrons. The topological polar surface area (TPSA) is 57.2 Å². The molecule has 39 heavy (non-hydrogen) atoms. The van der Waals surface area contributed by atoms with E-state index in [2.05, 4.69) is 47.1 Å². The summed E-state index contributed by atoms with van der Waals surface area (Å²) in [6, 6.07) is 12.7. The molecule has 1 unspecified atom stereocenters. The number of amides is 1. The Morgan fingerprint density at radius 3 is 2.49 bits per heavy atom. The molecule has 0 N–H and O–H groups in total. The molecule has 1 fully saturated rings. The highest BCUT2D eigenvalue weighted by Gasteiger charge is 2.20. The molecule has 0 spiro atoms. The molecule has 6 nitrogen and oxygen atoms in total. The van der Waals surface area contributed by atoms with Gasteiger partial charge < -0.3 is 23.8 Å². The lowest BCUT2D eigenvalue weighted by Gasteiger charge is -2.24. The van der Waals surface area contributed by atoms with Crippen LogP contribution in [0.2, 0.25) is 0 Å². The number of ether oxygens (including phenoxy) is 4. The predicted octanol–water partition coefficient (Wildman–Crippen LogP) is 8.55. The van der Waals surface area contributed by atoms with Crippen LogP contribution in [0, 0.1) is 6.92 Å². The summed E-state index contributed by atoms with van der Waals surface area (Å²) in [6.07, 6.45) is 3.65. The molecule has 9 heteroatoms. The van der Waals surface area contributed by atoms with Gasteiger partial charge in [-0.15, -0.1) is 22.7 Å². The van der Waals surface area contributed by atoms with Crippen LogP contribution in [0.5, 0.6) is 5.75 Å². The van der Waals surface area contributed by atoms with Crippen molar-refractivity contribution < 1.29 is 23.7 Å². The van der Waals surface area contributed by atoms with Crippen LogP contribution in [0.4, 0.5) is 4.79 Å². The molecule has 0 bridgehead atoms. The van der Waals surface area contributed by atoms with E-state index in [1.807, 2.05) is 44.2 Å². The third-order valence-corrected chi connectivity index (χ3v) is 9.80. The molecular weight excluding hydrogens is 598 g/mol. The van der Waals surface area contributed by atoms with Crippen LogP contribution in [0.3, 0.4) is 0 Å². The summed E-state index contributed by atoms with van der Waals surface area (Å²) in [5.74, 6) is 0.769. The van der Waals surface area contributed by atoms with Gasteiger partial charge in [-0.25, -0.2) is 4.79 Å². The summed E-state index contributed by atoms with van der Waals surface area (Å²) >= 11 is 7.28. The van der Waals surface area contributed by atoms with Gasteiger partial charge in [-0.05, 0) is 117 Å². The van der Waals surface area contributed by atoms with Crippen molar-refractivity contribution >= 4 is 44.7 Å². The van der Waals surface area contributed by atoms with E-state index in [9.17, 15) is 4.79 Å². The van der Waals surface area contributed by atoms with Gasteiger partial charge in [-0.1, -0.05) is 0 Å². The summed E-state index contributed by atoms with van der Waals surface area (Å²) < 4.78 is 24.3. The van der Waals surface area contributed by atoms with Gasteiger partial charge in [0.2, 0.25) is 0 Å². The average Bonchev–Trinajstić information content (AvgIpc) is 3.47. The van der Waals surface area contributed by atoms with E-state index in [0.717, 1.165) is 48.1 Å². The minimum atomic E-state index is -0.517. The van der Waals surface area contributed by atoms with E-state index in [1.54, 1.807) is 18.4 Å². The zero-order chi connectivity index (χ0) is 28.0. The molecule has 0 aliphatic carbocycles. The average molecular weight is 637 g/mol. The number of aryl methyl sites for hydroxylation is 1. The van der Waals surface area contributed by atoms with Gasteiger partial charge in [0.25, 0.3) is 0 Å². The van der Waals surface area contributed by atoms with Gasteiger partial charge in [0.05, 0.1) is 13.2 Å². The number of hydrogen-bond donors (Lipinski definition) is 0. The number of benzene rings is 1.